The normalized spacial score (nSPS) is 13.2. The number of carbonyl (C=O) groups is 1. The van der Waals surface area contributed by atoms with Crippen LogP contribution in [0.25, 0.3) is 0 Å². The number of carbonyl (C=O) groups excluding carboxylic acids is 1. The second-order valence-electron chi connectivity index (χ2n) is 5.16. The van der Waals surface area contributed by atoms with Gasteiger partial charge in [0.05, 0.1) is 7.11 Å². The summed E-state index contributed by atoms with van der Waals surface area (Å²) in [5.41, 5.74) is 1.15. The van der Waals surface area contributed by atoms with Crippen LogP contribution < -0.4 is 4.74 Å². The van der Waals surface area contributed by atoms with E-state index in [0.29, 0.717) is 0 Å². The highest BCUT2D eigenvalue weighted by Gasteiger charge is 2.24. The standard InChI is InChI=1S/C14H20O2/c1-14(2,3)12(10-15)8-11-6-5-7-13(9-11)16-4/h5-7,9-10,12H,8H2,1-4H3. The quantitative estimate of drug-likeness (QED) is 0.729. The van der Waals surface area contributed by atoms with Crippen molar-refractivity contribution in [1.29, 1.82) is 0 Å². The van der Waals surface area contributed by atoms with E-state index in [9.17, 15) is 4.79 Å². The molecule has 1 aromatic carbocycles. The number of aldehydes is 1. The number of methoxy groups -OCH3 is 1. The van der Waals surface area contributed by atoms with Crippen LogP contribution in [0.2, 0.25) is 0 Å². The van der Waals surface area contributed by atoms with E-state index in [1.165, 1.54) is 0 Å². The van der Waals surface area contributed by atoms with Crippen molar-refractivity contribution in [3.05, 3.63) is 29.8 Å². The molecule has 1 aromatic rings. The molecular weight excluding hydrogens is 200 g/mol. The number of benzene rings is 1. The molecule has 0 aliphatic heterocycles. The van der Waals surface area contributed by atoms with E-state index in [4.69, 9.17) is 4.74 Å². The third-order valence-electron chi connectivity index (χ3n) is 2.87. The molecule has 0 saturated carbocycles. The number of ether oxygens (including phenoxy) is 1. The summed E-state index contributed by atoms with van der Waals surface area (Å²) in [6.45, 7) is 6.27. The molecule has 0 spiro atoms. The SMILES string of the molecule is COc1cccc(CC(C=O)C(C)(C)C)c1. The van der Waals surface area contributed by atoms with Gasteiger partial charge in [-0.25, -0.2) is 0 Å². The van der Waals surface area contributed by atoms with Crippen molar-refractivity contribution in [3.8, 4) is 5.75 Å². The van der Waals surface area contributed by atoms with Gasteiger partial charge in [0.15, 0.2) is 0 Å². The first-order chi connectivity index (χ1) is 7.47. The van der Waals surface area contributed by atoms with Gasteiger partial charge < -0.3 is 9.53 Å². The molecule has 1 atom stereocenters. The van der Waals surface area contributed by atoms with Crippen LogP contribution >= 0.6 is 0 Å². The second kappa shape index (κ2) is 5.15. The van der Waals surface area contributed by atoms with Crippen LogP contribution in [0.1, 0.15) is 26.3 Å². The highest BCUT2D eigenvalue weighted by molar-refractivity contribution is 5.55. The fourth-order valence-corrected chi connectivity index (χ4v) is 1.61. The highest BCUT2D eigenvalue weighted by atomic mass is 16.5. The highest BCUT2D eigenvalue weighted by Crippen LogP contribution is 2.28. The van der Waals surface area contributed by atoms with Crippen LogP contribution in [0.15, 0.2) is 24.3 Å². The van der Waals surface area contributed by atoms with Gasteiger partial charge in [-0.3, -0.25) is 0 Å². The van der Waals surface area contributed by atoms with Crippen molar-refractivity contribution in [1.82, 2.24) is 0 Å². The molecule has 1 unspecified atom stereocenters. The molecule has 0 bridgehead atoms. The Kier molecular flexibility index (Phi) is 4.11. The second-order valence-corrected chi connectivity index (χ2v) is 5.16. The Balaban J connectivity index is 2.82. The predicted octanol–water partition coefficient (Wildman–Crippen LogP) is 3.10. The van der Waals surface area contributed by atoms with Crippen LogP contribution in [-0.2, 0) is 11.2 Å². The molecule has 0 heterocycles. The lowest BCUT2D eigenvalue weighted by molar-refractivity contribution is -0.113. The minimum absolute atomic E-state index is 0.00479. The van der Waals surface area contributed by atoms with Gasteiger partial charge in [0, 0.05) is 5.92 Å². The maximum absolute atomic E-state index is 11.1. The third-order valence-corrected chi connectivity index (χ3v) is 2.87. The first-order valence-electron chi connectivity index (χ1n) is 5.55. The molecule has 16 heavy (non-hydrogen) atoms. The molecule has 0 saturated heterocycles. The first-order valence-corrected chi connectivity index (χ1v) is 5.55. The van der Waals surface area contributed by atoms with Crippen LogP contribution in [0, 0.1) is 11.3 Å². The van der Waals surface area contributed by atoms with E-state index in [1.54, 1.807) is 7.11 Å². The van der Waals surface area contributed by atoms with Crippen LogP contribution in [0.5, 0.6) is 5.75 Å². The van der Waals surface area contributed by atoms with E-state index < -0.39 is 0 Å². The summed E-state index contributed by atoms with van der Waals surface area (Å²) in [5, 5.41) is 0. The maximum atomic E-state index is 11.1. The minimum Gasteiger partial charge on any atom is -0.497 e. The Morgan fingerprint density at radius 1 is 1.38 bits per heavy atom. The van der Waals surface area contributed by atoms with Crippen LogP contribution in [0.3, 0.4) is 0 Å². The van der Waals surface area contributed by atoms with Gasteiger partial charge in [0.1, 0.15) is 12.0 Å². The summed E-state index contributed by atoms with van der Waals surface area (Å²) < 4.78 is 5.17. The molecule has 2 nitrogen and oxygen atoms in total. The first kappa shape index (κ1) is 12.8. The number of hydrogen-bond donors (Lipinski definition) is 0. The summed E-state index contributed by atoms with van der Waals surface area (Å²) >= 11 is 0. The van der Waals surface area contributed by atoms with Gasteiger partial charge in [0.2, 0.25) is 0 Å². The monoisotopic (exact) mass is 220 g/mol. The van der Waals surface area contributed by atoms with Crippen molar-refractivity contribution in [2.75, 3.05) is 7.11 Å². The van der Waals surface area contributed by atoms with Gasteiger partial charge in [-0.2, -0.15) is 0 Å². The molecule has 0 aliphatic rings. The largest absolute Gasteiger partial charge is 0.497 e. The lowest BCUT2D eigenvalue weighted by Crippen LogP contribution is -2.23. The predicted molar refractivity (Wildman–Crippen MR) is 65.7 cm³/mol. The zero-order valence-electron chi connectivity index (χ0n) is 10.5. The molecule has 0 radical (unpaired) electrons. The fraction of sp³-hybridized carbons (Fsp3) is 0.500. The summed E-state index contributed by atoms with van der Waals surface area (Å²) in [4.78, 5) is 11.1. The fourth-order valence-electron chi connectivity index (χ4n) is 1.61. The molecule has 0 aromatic heterocycles. The summed E-state index contributed by atoms with van der Waals surface area (Å²) in [7, 11) is 1.65. The van der Waals surface area contributed by atoms with Crippen molar-refractivity contribution < 1.29 is 9.53 Å². The summed E-state index contributed by atoms with van der Waals surface area (Å²) in [6, 6.07) is 7.89. The molecule has 0 aliphatic carbocycles. The van der Waals surface area contributed by atoms with Crippen molar-refractivity contribution in [2.45, 2.75) is 27.2 Å². The maximum Gasteiger partial charge on any atom is 0.123 e. The lowest BCUT2D eigenvalue weighted by atomic mass is 9.78. The Bertz CT molecular complexity index is 350. The average Bonchev–Trinajstić information content (AvgIpc) is 2.24. The summed E-state index contributed by atoms with van der Waals surface area (Å²) in [6.07, 6.45) is 1.82. The topological polar surface area (TPSA) is 26.3 Å². The minimum atomic E-state index is 0.00479. The van der Waals surface area contributed by atoms with Crippen molar-refractivity contribution >= 4 is 6.29 Å². The molecular formula is C14H20O2. The zero-order chi connectivity index (χ0) is 12.2. The van der Waals surface area contributed by atoms with E-state index in [2.05, 4.69) is 20.8 Å². The third kappa shape index (κ3) is 3.37. The van der Waals surface area contributed by atoms with E-state index in [1.807, 2.05) is 24.3 Å². The van der Waals surface area contributed by atoms with Gasteiger partial charge in [-0.15, -0.1) is 0 Å². The van der Waals surface area contributed by atoms with Gasteiger partial charge >= 0.3 is 0 Å². The van der Waals surface area contributed by atoms with Crippen molar-refractivity contribution in [3.63, 3.8) is 0 Å². The van der Waals surface area contributed by atoms with Crippen LogP contribution in [-0.4, -0.2) is 13.4 Å². The smallest absolute Gasteiger partial charge is 0.123 e. The van der Waals surface area contributed by atoms with Crippen molar-refractivity contribution in [2.24, 2.45) is 11.3 Å². The number of hydrogen-bond acceptors (Lipinski definition) is 2. The summed E-state index contributed by atoms with van der Waals surface area (Å²) in [5.74, 6) is 0.885. The lowest BCUT2D eigenvalue weighted by Gasteiger charge is -2.26. The number of rotatable bonds is 4. The van der Waals surface area contributed by atoms with Crippen LogP contribution in [0.4, 0.5) is 0 Å². The van der Waals surface area contributed by atoms with E-state index in [0.717, 1.165) is 24.0 Å². The van der Waals surface area contributed by atoms with E-state index in [-0.39, 0.29) is 11.3 Å². The van der Waals surface area contributed by atoms with Gasteiger partial charge in [0.25, 0.3) is 0 Å². The Morgan fingerprint density at radius 2 is 2.06 bits per heavy atom. The average molecular weight is 220 g/mol. The van der Waals surface area contributed by atoms with Gasteiger partial charge in [-0.1, -0.05) is 32.9 Å². The zero-order valence-corrected chi connectivity index (χ0v) is 10.5. The molecule has 88 valence electrons. The molecule has 2 heteroatoms. The van der Waals surface area contributed by atoms with E-state index >= 15 is 0 Å². The Morgan fingerprint density at radius 3 is 2.56 bits per heavy atom. The molecule has 1 rings (SSSR count). The molecule has 0 N–H and O–H groups in total. The Hall–Kier alpha value is -1.31. The molecule has 0 amide bonds. The van der Waals surface area contributed by atoms with Gasteiger partial charge in [-0.05, 0) is 29.5 Å². The Labute approximate surface area is 97.6 Å². The molecule has 0 fully saturated rings.